The number of rotatable bonds is 4. The molecule has 0 unspecified atom stereocenters. The van der Waals surface area contributed by atoms with Gasteiger partial charge in [0, 0.05) is 10.8 Å². The third-order valence-electron chi connectivity index (χ3n) is 17.8. The van der Waals surface area contributed by atoms with Crippen LogP contribution in [0.15, 0.2) is 267 Å². The van der Waals surface area contributed by atoms with Crippen LogP contribution < -0.4 is 0 Å². The molecule has 0 amide bonds. The molecule has 12 aromatic carbocycles. The Morgan fingerprint density at radius 3 is 0.822 bits per heavy atom. The summed E-state index contributed by atoms with van der Waals surface area (Å²) in [7, 11) is 0. The summed E-state index contributed by atoms with van der Waals surface area (Å²) in [6, 6.07) is 95.9. The van der Waals surface area contributed by atoms with Crippen LogP contribution in [0.2, 0.25) is 0 Å². The minimum atomic E-state index is 0.142. The zero-order valence-electron chi connectivity index (χ0n) is 56.4. The molecule has 12 aromatic rings. The highest BCUT2D eigenvalue weighted by molar-refractivity contribution is 5.83. The van der Waals surface area contributed by atoms with E-state index in [0.717, 1.165) is 0 Å². The van der Waals surface area contributed by atoms with Gasteiger partial charge in [-0.15, -0.1) is 0 Å². The number of hydrogen-bond acceptors (Lipinski definition) is 0. The number of aryl methyl sites for hydroxylation is 12. The molecule has 0 aromatic heterocycles. The van der Waals surface area contributed by atoms with Crippen molar-refractivity contribution >= 4 is 0 Å². The van der Waals surface area contributed by atoms with E-state index in [2.05, 4.69) is 378 Å². The van der Waals surface area contributed by atoms with Gasteiger partial charge < -0.3 is 0 Å². The van der Waals surface area contributed by atoms with Crippen molar-refractivity contribution in [2.45, 2.75) is 122 Å². The zero-order valence-corrected chi connectivity index (χ0v) is 56.4. The lowest BCUT2D eigenvalue weighted by atomic mass is 9.81. The molecule has 90 heavy (non-hydrogen) atoms. The molecule has 0 bridgehead atoms. The maximum Gasteiger partial charge on any atom is 0.0159 e. The molecular formula is C90H92. The molecule has 0 radical (unpaired) electrons. The fourth-order valence-corrected chi connectivity index (χ4v) is 12.6. The van der Waals surface area contributed by atoms with Gasteiger partial charge in [-0.2, -0.15) is 0 Å². The van der Waals surface area contributed by atoms with E-state index in [1.54, 1.807) is 0 Å². The van der Waals surface area contributed by atoms with Crippen molar-refractivity contribution in [3.8, 4) is 66.8 Å². The second-order valence-corrected chi connectivity index (χ2v) is 26.2. The van der Waals surface area contributed by atoms with Crippen molar-refractivity contribution in [3.63, 3.8) is 0 Å². The van der Waals surface area contributed by atoms with Gasteiger partial charge in [0.1, 0.15) is 0 Å². The van der Waals surface area contributed by atoms with E-state index in [1.165, 1.54) is 156 Å². The molecule has 0 atom stereocenters. The molecule has 0 saturated heterocycles. The molecule has 0 N–H and O–H groups in total. The number of hydrogen-bond donors (Lipinski definition) is 0. The maximum absolute atomic E-state index is 2.34. The van der Waals surface area contributed by atoms with Gasteiger partial charge in [-0.05, 0) is 189 Å². The van der Waals surface area contributed by atoms with Crippen molar-refractivity contribution in [1.29, 1.82) is 0 Å². The largest absolute Gasteiger partial charge is 0.0620 e. The Bertz CT molecular complexity index is 4210. The van der Waals surface area contributed by atoms with Gasteiger partial charge in [0.25, 0.3) is 0 Å². The van der Waals surface area contributed by atoms with Gasteiger partial charge in [-0.25, -0.2) is 0 Å². The topological polar surface area (TPSA) is 0 Å². The van der Waals surface area contributed by atoms with Crippen molar-refractivity contribution in [2.24, 2.45) is 0 Å². The lowest BCUT2D eigenvalue weighted by Gasteiger charge is -2.22. The third kappa shape index (κ3) is 15.7. The SMILES string of the molecule is Cc1ccc(-c2cccc(C)c2)cc1.Cc1ccc(-c2ccccc2C)cc1.Cc1ccc2c(c1)-c1cc(C)ccc1C2(C)C.Cc1ccc2c(c1)C(C)(C)c1cc(C)ccc1-2.Cc1cccc(-c2cccc(C)c2)c1.Cc1ccccc1-c1ccccc1C. The van der Waals surface area contributed by atoms with Crippen LogP contribution in [0.25, 0.3) is 66.8 Å². The van der Waals surface area contributed by atoms with Crippen LogP contribution in [0, 0.1) is 83.1 Å². The molecule has 0 fully saturated rings. The van der Waals surface area contributed by atoms with Crippen molar-refractivity contribution in [3.05, 3.63) is 356 Å². The Balaban J connectivity index is 0.000000128. The Hall–Kier alpha value is -9.36. The van der Waals surface area contributed by atoms with Gasteiger partial charge in [0.05, 0.1) is 0 Å². The van der Waals surface area contributed by atoms with Gasteiger partial charge in [0.2, 0.25) is 0 Å². The van der Waals surface area contributed by atoms with Crippen LogP contribution in [-0.2, 0) is 10.8 Å². The fourth-order valence-electron chi connectivity index (χ4n) is 12.6. The summed E-state index contributed by atoms with van der Waals surface area (Å²) >= 11 is 0. The second-order valence-electron chi connectivity index (χ2n) is 26.2. The average molecular weight is 1170 g/mol. The number of fused-ring (bicyclic) bond motifs is 6. The summed E-state index contributed by atoms with van der Waals surface area (Å²) in [5.74, 6) is 0. The second kappa shape index (κ2) is 28.9. The summed E-state index contributed by atoms with van der Waals surface area (Å²) in [6.07, 6.45) is 0. The van der Waals surface area contributed by atoms with Crippen LogP contribution in [-0.4, -0.2) is 0 Å². The molecule has 2 aliphatic rings. The molecule has 452 valence electrons. The third-order valence-corrected chi connectivity index (χ3v) is 17.8. The quantitative estimate of drug-likeness (QED) is 0.165. The molecule has 2 aliphatic carbocycles. The Morgan fingerprint density at radius 1 is 0.167 bits per heavy atom. The standard InChI is InChI=1S/2C17H18.4C14H14/c1-11-5-7-15-13(9-11)14-10-12(2)6-8-16(14)17(15,3)4;1-11-5-7-13-14-8-6-12(2)10-16(14)17(3,4)15(13)9-11;1-11-5-3-7-13(9-11)14-8-4-6-12(2)10-14;1-11-7-3-5-9-13(11)14-10-6-4-8-12(14)2;1-11-6-8-13(9-7-11)14-5-3-4-12(2)10-14;1-11-7-9-13(10-8-11)14-6-4-3-5-12(14)2/h2*5-10H,1-4H3;4*3-10H,1-2H3. The van der Waals surface area contributed by atoms with Crippen LogP contribution in [0.1, 0.15) is 117 Å². The Morgan fingerprint density at radius 2 is 0.456 bits per heavy atom. The zero-order chi connectivity index (χ0) is 64.3. The summed E-state index contributed by atoms with van der Waals surface area (Å²) < 4.78 is 0. The van der Waals surface area contributed by atoms with Crippen molar-refractivity contribution in [2.75, 3.05) is 0 Å². The maximum atomic E-state index is 2.34. The molecule has 14 rings (SSSR count). The normalized spacial score (nSPS) is 12.2. The van der Waals surface area contributed by atoms with Crippen LogP contribution in [0.4, 0.5) is 0 Å². The first-order valence-corrected chi connectivity index (χ1v) is 32.0. The smallest absolute Gasteiger partial charge is 0.0159 e. The van der Waals surface area contributed by atoms with Crippen LogP contribution >= 0.6 is 0 Å². The van der Waals surface area contributed by atoms with Crippen LogP contribution in [0.3, 0.4) is 0 Å². The van der Waals surface area contributed by atoms with Crippen LogP contribution in [0.5, 0.6) is 0 Å². The first-order valence-electron chi connectivity index (χ1n) is 32.0. The van der Waals surface area contributed by atoms with E-state index < -0.39 is 0 Å². The summed E-state index contributed by atoms with van der Waals surface area (Å²) in [5, 5.41) is 0. The van der Waals surface area contributed by atoms with Crippen molar-refractivity contribution in [1.82, 2.24) is 0 Å². The highest BCUT2D eigenvalue weighted by Crippen LogP contribution is 2.50. The highest BCUT2D eigenvalue weighted by atomic mass is 14.4. The highest BCUT2D eigenvalue weighted by Gasteiger charge is 2.36. The summed E-state index contributed by atoms with van der Waals surface area (Å²) in [4.78, 5) is 0. The summed E-state index contributed by atoms with van der Waals surface area (Å²) in [6.45, 7) is 35.0. The monoisotopic (exact) mass is 1170 g/mol. The molecule has 0 heterocycles. The predicted molar refractivity (Wildman–Crippen MR) is 392 cm³/mol. The molecule has 0 aliphatic heterocycles. The van der Waals surface area contributed by atoms with E-state index in [0.29, 0.717) is 0 Å². The lowest BCUT2D eigenvalue weighted by Crippen LogP contribution is -2.15. The fraction of sp³-hybridized carbons (Fsp3) is 0.200. The van der Waals surface area contributed by atoms with Gasteiger partial charge in [-0.1, -0.05) is 345 Å². The first kappa shape index (κ1) is 65.1. The Labute approximate surface area is 541 Å². The van der Waals surface area contributed by atoms with Crippen molar-refractivity contribution < 1.29 is 0 Å². The number of benzene rings is 12. The molecule has 0 nitrogen and oxygen atoms in total. The predicted octanol–water partition coefficient (Wildman–Crippen LogP) is 25.1. The average Bonchev–Trinajstić information content (AvgIpc) is 1.60. The minimum absolute atomic E-state index is 0.142. The molecular weight excluding hydrogens is 1080 g/mol. The lowest BCUT2D eigenvalue weighted by molar-refractivity contribution is 0.659. The van der Waals surface area contributed by atoms with Gasteiger partial charge in [-0.3, -0.25) is 0 Å². The molecule has 0 saturated carbocycles. The van der Waals surface area contributed by atoms with E-state index >= 15 is 0 Å². The van der Waals surface area contributed by atoms with Gasteiger partial charge >= 0.3 is 0 Å². The summed E-state index contributed by atoms with van der Waals surface area (Å²) in [5.41, 5.74) is 38.2. The molecule has 0 spiro atoms. The van der Waals surface area contributed by atoms with Gasteiger partial charge in [0.15, 0.2) is 0 Å². The van der Waals surface area contributed by atoms with E-state index in [-0.39, 0.29) is 10.8 Å². The van der Waals surface area contributed by atoms with E-state index in [9.17, 15) is 0 Å². The first-order chi connectivity index (χ1) is 43.1. The Kier molecular flexibility index (Phi) is 20.9. The van der Waals surface area contributed by atoms with E-state index in [1.807, 2.05) is 0 Å². The van der Waals surface area contributed by atoms with E-state index in [4.69, 9.17) is 0 Å². The molecule has 0 heteroatoms. The minimum Gasteiger partial charge on any atom is -0.0620 e.